The zero-order chi connectivity index (χ0) is 24.9. The van der Waals surface area contributed by atoms with Crippen LogP contribution in [0.1, 0.15) is 53.6 Å². The minimum atomic E-state index is -0.287. The Morgan fingerprint density at radius 1 is 0.972 bits per heavy atom. The molecular weight excluding hydrogens is 473 g/mol. The minimum absolute atomic E-state index is 0.0515. The summed E-state index contributed by atoms with van der Waals surface area (Å²) in [5, 5.41) is 4.27. The van der Waals surface area contributed by atoms with Crippen molar-refractivity contribution in [2.45, 2.75) is 55.6 Å². The molecule has 5 nitrogen and oxygen atoms in total. The fraction of sp³-hybridized carbons (Fsp3) is 0.276. The van der Waals surface area contributed by atoms with E-state index in [1.165, 1.54) is 30.3 Å². The summed E-state index contributed by atoms with van der Waals surface area (Å²) in [6.45, 7) is 0.326. The highest BCUT2D eigenvalue weighted by Gasteiger charge is 2.17. The van der Waals surface area contributed by atoms with Crippen molar-refractivity contribution in [2.75, 3.05) is 0 Å². The Kier molecular flexibility index (Phi) is 7.47. The summed E-state index contributed by atoms with van der Waals surface area (Å²) in [4.78, 5) is 30.8. The summed E-state index contributed by atoms with van der Waals surface area (Å²) in [7, 11) is 0. The van der Waals surface area contributed by atoms with Crippen molar-refractivity contribution < 1.29 is 9.18 Å². The normalized spacial score (nSPS) is 14.1. The first-order valence-electron chi connectivity index (χ1n) is 12.3. The number of fused-ring (bicyclic) bond motifs is 1. The van der Waals surface area contributed by atoms with Crippen LogP contribution in [-0.2, 0) is 12.3 Å². The Morgan fingerprint density at radius 3 is 2.53 bits per heavy atom. The number of aromatic nitrogens is 2. The average molecular weight is 502 g/mol. The molecule has 1 amide bonds. The number of halogens is 1. The predicted octanol–water partition coefficient (Wildman–Crippen LogP) is 5.94. The number of thioether (sulfide) groups is 1. The smallest absolute Gasteiger partial charge is 0.262 e. The Labute approximate surface area is 213 Å². The van der Waals surface area contributed by atoms with Gasteiger partial charge in [0.25, 0.3) is 11.5 Å². The van der Waals surface area contributed by atoms with Crippen LogP contribution in [0.3, 0.4) is 0 Å². The molecule has 1 N–H and O–H groups in total. The summed E-state index contributed by atoms with van der Waals surface area (Å²) in [6.07, 6.45) is 5.65. The highest BCUT2D eigenvalue weighted by molar-refractivity contribution is 7.98. The summed E-state index contributed by atoms with van der Waals surface area (Å²) >= 11 is 1.41. The molecule has 0 bridgehead atoms. The van der Waals surface area contributed by atoms with Crippen molar-refractivity contribution in [3.05, 3.63) is 106 Å². The van der Waals surface area contributed by atoms with Crippen LogP contribution in [0, 0.1) is 5.82 Å². The lowest BCUT2D eigenvalue weighted by Gasteiger charge is -2.22. The lowest BCUT2D eigenvalue weighted by molar-refractivity contribution is 0.0927. The van der Waals surface area contributed by atoms with Gasteiger partial charge in [0.2, 0.25) is 0 Å². The van der Waals surface area contributed by atoms with Gasteiger partial charge >= 0.3 is 0 Å². The summed E-state index contributed by atoms with van der Waals surface area (Å²) in [5.74, 6) is 0.150. The number of hydrogen-bond donors (Lipinski definition) is 1. The van der Waals surface area contributed by atoms with Gasteiger partial charge in [0.1, 0.15) is 5.82 Å². The molecule has 1 fully saturated rings. The van der Waals surface area contributed by atoms with Crippen molar-refractivity contribution >= 4 is 28.6 Å². The van der Waals surface area contributed by atoms with Crippen LogP contribution < -0.4 is 10.9 Å². The molecule has 1 saturated carbocycles. The van der Waals surface area contributed by atoms with Gasteiger partial charge in [0.05, 0.1) is 17.4 Å². The molecule has 0 atom stereocenters. The van der Waals surface area contributed by atoms with Gasteiger partial charge in [-0.15, -0.1) is 0 Å². The van der Waals surface area contributed by atoms with Gasteiger partial charge in [-0.2, -0.15) is 0 Å². The predicted molar refractivity (Wildman–Crippen MR) is 142 cm³/mol. The van der Waals surface area contributed by atoms with Crippen LogP contribution in [0.2, 0.25) is 0 Å². The van der Waals surface area contributed by atoms with Crippen LogP contribution >= 0.6 is 11.8 Å². The zero-order valence-electron chi connectivity index (χ0n) is 20.0. The third-order valence-electron chi connectivity index (χ3n) is 6.58. The third kappa shape index (κ3) is 5.68. The lowest BCUT2D eigenvalue weighted by atomic mass is 9.95. The molecule has 0 aliphatic heterocycles. The number of benzene rings is 3. The van der Waals surface area contributed by atoms with E-state index in [2.05, 4.69) is 5.32 Å². The maximum Gasteiger partial charge on any atom is 0.262 e. The largest absolute Gasteiger partial charge is 0.349 e. The van der Waals surface area contributed by atoms with Crippen LogP contribution in [0.15, 0.2) is 82.7 Å². The van der Waals surface area contributed by atoms with Gasteiger partial charge in [-0.1, -0.05) is 67.4 Å². The van der Waals surface area contributed by atoms with Gasteiger partial charge < -0.3 is 5.32 Å². The number of carbonyl (C=O) groups is 1. The molecule has 1 heterocycles. The second-order valence-corrected chi connectivity index (χ2v) is 10.2. The van der Waals surface area contributed by atoms with E-state index < -0.39 is 0 Å². The zero-order valence-corrected chi connectivity index (χ0v) is 20.8. The van der Waals surface area contributed by atoms with E-state index in [1.807, 2.05) is 48.5 Å². The second kappa shape index (κ2) is 11.1. The molecule has 0 unspecified atom stereocenters. The van der Waals surface area contributed by atoms with Crippen molar-refractivity contribution in [3.8, 4) is 0 Å². The number of nitrogens with one attached hydrogen (secondary N) is 1. The van der Waals surface area contributed by atoms with Crippen LogP contribution in [0.25, 0.3) is 10.9 Å². The highest BCUT2D eigenvalue weighted by Crippen LogP contribution is 2.24. The van der Waals surface area contributed by atoms with Crippen LogP contribution in [-0.4, -0.2) is 21.5 Å². The average Bonchev–Trinajstić information content (AvgIpc) is 2.90. The first-order chi connectivity index (χ1) is 17.6. The maximum atomic E-state index is 13.6. The SMILES string of the molecule is O=C(NC1CCCCC1)c1ccc(Cn2c(SCc3cccc(F)c3)nc3ccccc3c2=O)cc1. The van der Waals surface area contributed by atoms with E-state index in [4.69, 9.17) is 4.98 Å². The van der Waals surface area contributed by atoms with E-state index in [9.17, 15) is 14.0 Å². The Balaban J connectivity index is 1.38. The van der Waals surface area contributed by atoms with Gasteiger partial charge in [-0.25, -0.2) is 9.37 Å². The number of carbonyl (C=O) groups excluding carboxylic acids is 1. The van der Waals surface area contributed by atoms with Crippen molar-refractivity contribution in [1.29, 1.82) is 0 Å². The summed E-state index contributed by atoms with van der Waals surface area (Å²) < 4.78 is 15.3. The molecule has 0 saturated heterocycles. The molecule has 184 valence electrons. The van der Waals surface area contributed by atoms with Crippen molar-refractivity contribution in [3.63, 3.8) is 0 Å². The molecule has 1 aliphatic carbocycles. The van der Waals surface area contributed by atoms with E-state index in [0.29, 0.717) is 33.9 Å². The van der Waals surface area contributed by atoms with E-state index >= 15 is 0 Å². The molecule has 1 aromatic heterocycles. The van der Waals surface area contributed by atoms with Crippen molar-refractivity contribution in [2.24, 2.45) is 0 Å². The molecule has 7 heteroatoms. The summed E-state index contributed by atoms with van der Waals surface area (Å²) in [5.41, 5.74) is 2.85. The number of hydrogen-bond acceptors (Lipinski definition) is 4. The fourth-order valence-electron chi connectivity index (χ4n) is 4.63. The molecule has 3 aromatic carbocycles. The number of nitrogens with zero attached hydrogens (tertiary/aromatic N) is 2. The first-order valence-corrected chi connectivity index (χ1v) is 13.3. The van der Waals surface area contributed by atoms with E-state index in [1.54, 1.807) is 16.7 Å². The Hall–Kier alpha value is -3.45. The molecule has 1 aliphatic rings. The third-order valence-corrected chi connectivity index (χ3v) is 7.63. The molecular formula is C29H28FN3O2S. The molecule has 5 rings (SSSR count). The topological polar surface area (TPSA) is 64.0 Å². The molecule has 0 radical (unpaired) electrons. The molecule has 36 heavy (non-hydrogen) atoms. The van der Waals surface area contributed by atoms with Crippen molar-refractivity contribution in [1.82, 2.24) is 14.9 Å². The van der Waals surface area contributed by atoms with Crippen LogP contribution in [0.4, 0.5) is 4.39 Å². The molecule has 0 spiro atoms. The number of rotatable bonds is 7. The first kappa shape index (κ1) is 24.3. The lowest BCUT2D eigenvalue weighted by Crippen LogP contribution is -2.36. The van der Waals surface area contributed by atoms with Gasteiger partial charge in [-0.3, -0.25) is 14.2 Å². The quantitative estimate of drug-likeness (QED) is 0.252. The molecule has 4 aromatic rings. The van der Waals surface area contributed by atoms with E-state index in [0.717, 1.165) is 36.8 Å². The fourth-order valence-corrected chi connectivity index (χ4v) is 5.57. The maximum absolute atomic E-state index is 13.6. The van der Waals surface area contributed by atoms with E-state index in [-0.39, 0.29) is 23.3 Å². The Morgan fingerprint density at radius 2 is 1.75 bits per heavy atom. The van der Waals surface area contributed by atoms with Crippen LogP contribution in [0.5, 0.6) is 0 Å². The highest BCUT2D eigenvalue weighted by atomic mass is 32.2. The second-order valence-electron chi connectivity index (χ2n) is 9.23. The number of amides is 1. The minimum Gasteiger partial charge on any atom is -0.349 e. The standard InChI is InChI=1S/C29H28FN3O2S/c30-23-8-6-7-21(17-23)19-36-29-32-26-12-5-4-11-25(26)28(35)33(29)18-20-13-15-22(16-14-20)27(34)31-24-9-2-1-3-10-24/h4-8,11-17,24H,1-3,9-10,18-19H2,(H,31,34). The van der Waals surface area contributed by atoms with Gasteiger partial charge in [0.15, 0.2) is 5.16 Å². The van der Waals surface area contributed by atoms with Gasteiger partial charge in [0, 0.05) is 17.4 Å². The Bertz CT molecular complexity index is 1430. The monoisotopic (exact) mass is 501 g/mol. The van der Waals surface area contributed by atoms with Gasteiger partial charge in [-0.05, 0) is 60.4 Å². The summed E-state index contributed by atoms with van der Waals surface area (Å²) in [6, 6.07) is 21.4. The number of para-hydroxylation sites is 1.